The molecule has 1 aliphatic heterocycles. The Kier molecular flexibility index (Phi) is 5.49. The zero-order chi connectivity index (χ0) is 19.9. The highest BCUT2D eigenvalue weighted by atomic mass is 32.1. The molecule has 0 bridgehead atoms. The summed E-state index contributed by atoms with van der Waals surface area (Å²) < 4.78 is 77.4. The number of anilines is 1. The highest BCUT2D eigenvalue weighted by Gasteiger charge is 2.39. The molecule has 0 amide bonds. The summed E-state index contributed by atoms with van der Waals surface area (Å²) in [5.41, 5.74) is -3.29. The van der Waals surface area contributed by atoms with Crippen LogP contribution in [0.15, 0.2) is 18.2 Å². The number of rotatable bonds is 2. The molecule has 10 heteroatoms. The predicted octanol–water partition coefficient (Wildman–Crippen LogP) is 4.35. The average molecular weight is 399 g/mol. The first-order valence-electron chi connectivity index (χ1n) is 7.74. The van der Waals surface area contributed by atoms with Gasteiger partial charge in [-0.3, -0.25) is 0 Å². The zero-order valence-corrected chi connectivity index (χ0v) is 15.2. The second kappa shape index (κ2) is 6.88. The smallest absolute Gasteiger partial charge is 0.358 e. The minimum absolute atomic E-state index is 0.0224. The third kappa shape index (κ3) is 5.00. The summed E-state index contributed by atoms with van der Waals surface area (Å²) in [4.78, 5) is 2.06. The molecule has 0 radical (unpaired) electrons. The summed E-state index contributed by atoms with van der Waals surface area (Å²) in [6, 6.07) is 1.21. The Morgan fingerprint density at radius 3 is 1.96 bits per heavy atom. The molecular weight excluding hydrogens is 380 g/mol. The van der Waals surface area contributed by atoms with Crippen molar-refractivity contribution in [3.63, 3.8) is 0 Å². The standard InChI is InChI=1S/C16H19F6N3S/c1-14(2)8-25(3)7-12(14)24-13(26)23-11-5-9(15(17,18)19)4-10(6-11)16(20,21)22/h4-6,12H,7-8H2,1-3H3,(H2,23,24,26)/t12-/m1/s1. The van der Waals surface area contributed by atoms with Crippen LogP contribution in [0.1, 0.15) is 25.0 Å². The van der Waals surface area contributed by atoms with Gasteiger partial charge in [-0.25, -0.2) is 0 Å². The maximum absolute atomic E-state index is 12.9. The number of alkyl halides is 6. The monoisotopic (exact) mass is 399 g/mol. The van der Waals surface area contributed by atoms with Gasteiger partial charge < -0.3 is 15.5 Å². The van der Waals surface area contributed by atoms with E-state index in [0.717, 1.165) is 6.54 Å². The van der Waals surface area contributed by atoms with Crippen LogP contribution in [0.4, 0.5) is 32.0 Å². The van der Waals surface area contributed by atoms with Gasteiger partial charge in [0, 0.05) is 24.8 Å². The topological polar surface area (TPSA) is 27.3 Å². The molecule has 2 rings (SSSR count). The zero-order valence-electron chi connectivity index (χ0n) is 14.3. The van der Waals surface area contributed by atoms with Crippen LogP contribution < -0.4 is 10.6 Å². The highest BCUT2D eigenvalue weighted by Crippen LogP contribution is 2.37. The third-order valence-corrected chi connectivity index (χ3v) is 4.49. The average Bonchev–Trinajstić information content (AvgIpc) is 2.68. The number of nitrogens with zero attached hydrogens (tertiary/aromatic N) is 1. The molecule has 1 atom stereocenters. The van der Waals surface area contributed by atoms with Crippen LogP contribution in [0.3, 0.4) is 0 Å². The minimum Gasteiger partial charge on any atom is -0.358 e. The molecule has 146 valence electrons. The minimum atomic E-state index is -4.90. The summed E-state index contributed by atoms with van der Waals surface area (Å²) >= 11 is 5.08. The molecular formula is C16H19F6N3S. The fourth-order valence-electron chi connectivity index (χ4n) is 3.02. The van der Waals surface area contributed by atoms with Gasteiger partial charge in [-0.05, 0) is 42.9 Å². The number of thiocarbonyl (C=S) groups is 1. The van der Waals surface area contributed by atoms with Gasteiger partial charge in [-0.15, -0.1) is 0 Å². The van der Waals surface area contributed by atoms with Crippen molar-refractivity contribution in [2.45, 2.75) is 32.2 Å². The molecule has 2 N–H and O–H groups in total. The first kappa shape index (κ1) is 20.8. The van der Waals surface area contributed by atoms with Crippen molar-refractivity contribution in [1.82, 2.24) is 10.2 Å². The van der Waals surface area contributed by atoms with Gasteiger partial charge in [0.05, 0.1) is 11.1 Å². The number of hydrogen-bond acceptors (Lipinski definition) is 2. The Balaban J connectivity index is 2.21. The second-order valence-electron chi connectivity index (χ2n) is 7.13. The van der Waals surface area contributed by atoms with Crippen LogP contribution in [-0.2, 0) is 12.4 Å². The SMILES string of the molecule is CN1C[C@@H](NC(=S)Nc2cc(C(F)(F)F)cc(C(F)(F)F)c2)C(C)(C)C1. The van der Waals surface area contributed by atoms with E-state index in [1.165, 1.54) is 0 Å². The van der Waals surface area contributed by atoms with Crippen molar-refractivity contribution in [1.29, 1.82) is 0 Å². The van der Waals surface area contributed by atoms with E-state index in [1.54, 1.807) is 0 Å². The van der Waals surface area contributed by atoms with Crippen LogP contribution in [0.2, 0.25) is 0 Å². The predicted molar refractivity (Wildman–Crippen MR) is 90.9 cm³/mol. The van der Waals surface area contributed by atoms with Crippen molar-refractivity contribution in [3.8, 4) is 0 Å². The lowest BCUT2D eigenvalue weighted by Crippen LogP contribution is -2.46. The van der Waals surface area contributed by atoms with Gasteiger partial charge in [0.2, 0.25) is 0 Å². The van der Waals surface area contributed by atoms with E-state index < -0.39 is 23.5 Å². The van der Waals surface area contributed by atoms with Crippen LogP contribution in [0, 0.1) is 5.41 Å². The first-order valence-corrected chi connectivity index (χ1v) is 8.15. The molecule has 1 saturated heterocycles. The van der Waals surface area contributed by atoms with Gasteiger partial charge in [0.25, 0.3) is 0 Å². The molecule has 0 aliphatic carbocycles. The van der Waals surface area contributed by atoms with Crippen molar-refractivity contribution >= 4 is 23.0 Å². The van der Waals surface area contributed by atoms with Gasteiger partial charge in [0.15, 0.2) is 5.11 Å². The Hall–Kier alpha value is -1.55. The molecule has 1 heterocycles. The molecule has 0 unspecified atom stereocenters. The van der Waals surface area contributed by atoms with Gasteiger partial charge in [-0.1, -0.05) is 13.8 Å². The van der Waals surface area contributed by atoms with Crippen LogP contribution >= 0.6 is 12.2 Å². The van der Waals surface area contributed by atoms with Crippen molar-refractivity contribution in [3.05, 3.63) is 29.3 Å². The number of halogens is 6. The Labute approximate surface area is 152 Å². The van der Waals surface area contributed by atoms with E-state index in [1.807, 2.05) is 20.9 Å². The van der Waals surface area contributed by atoms with E-state index in [4.69, 9.17) is 12.2 Å². The summed E-state index contributed by atoms with van der Waals surface area (Å²) in [6.07, 6.45) is -9.80. The maximum atomic E-state index is 12.9. The Bertz CT molecular complexity index is 651. The van der Waals surface area contributed by atoms with Crippen molar-refractivity contribution < 1.29 is 26.3 Å². The van der Waals surface area contributed by atoms with Crippen LogP contribution in [0.5, 0.6) is 0 Å². The quantitative estimate of drug-likeness (QED) is 0.571. The number of likely N-dealkylation sites (N-methyl/N-ethyl adjacent to an activating group) is 1. The lowest BCUT2D eigenvalue weighted by atomic mass is 9.88. The fraction of sp³-hybridized carbons (Fsp3) is 0.562. The lowest BCUT2D eigenvalue weighted by Gasteiger charge is -2.28. The van der Waals surface area contributed by atoms with E-state index in [2.05, 4.69) is 15.5 Å². The number of nitrogens with one attached hydrogen (secondary N) is 2. The summed E-state index contributed by atoms with van der Waals surface area (Å²) in [5.74, 6) is 0. The molecule has 0 spiro atoms. The van der Waals surface area contributed by atoms with Crippen LogP contribution in [0.25, 0.3) is 0 Å². The largest absolute Gasteiger partial charge is 0.416 e. The third-order valence-electron chi connectivity index (χ3n) is 4.27. The number of benzene rings is 1. The van der Waals surface area contributed by atoms with E-state index in [0.29, 0.717) is 18.7 Å². The molecule has 1 aromatic rings. The second-order valence-corrected chi connectivity index (χ2v) is 7.54. The molecule has 0 saturated carbocycles. The number of likely N-dealkylation sites (tertiary alicyclic amines) is 1. The van der Waals surface area contributed by atoms with Gasteiger partial charge in [-0.2, -0.15) is 26.3 Å². The fourth-order valence-corrected chi connectivity index (χ4v) is 3.28. The Morgan fingerprint density at radius 2 is 1.58 bits per heavy atom. The number of hydrogen-bond donors (Lipinski definition) is 2. The molecule has 1 aliphatic rings. The molecule has 26 heavy (non-hydrogen) atoms. The molecule has 1 aromatic carbocycles. The van der Waals surface area contributed by atoms with Crippen molar-refractivity contribution in [2.75, 3.05) is 25.5 Å². The van der Waals surface area contributed by atoms with Gasteiger partial charge in [0.1, 0.15) is 0 Å². The van der Waals surface area contributed by atoms with E-state index in [-0.39, 0.29) is 28.3 Å². The van der Waals surface area contributed by atoms with E-state index in [9.17, 15) is 26.3 Å². The molecule has 3 nitrogen and oxygen atoms in total. The van der Waals surface area contributed by atoms with Crippen molar-refractivity contribution in [2.24, 2.45) is 5.41 Å². The summed E-state index contributed by atoms with van der Waals surface area (Å²) in [6.45, 7) is 5.45. The lowest BCUT2D eigenvalue weighted by molar-refractivity contribution is -0.143. The summed E-state index contributed by atoms with van der Waals surface area (Å²) in [5, 5.41) is 5.41. The normalized spacial score (nSPS) is 20.9. The molecule has 1 fully saturated rings. The van der Waals surface area contributed by atoms with E-state index >= 15 is 0 Å². The molecule has 0 aromatic heterocycles. The maximum Gasteiger partial charge on any atom is 0.416 e. The Morgan fingerprint density at radius 1 is 1.08 bits per heavy atom. The summed E-state index contributed by atoms with van der Waals surface area (Å²) in [7, 11) is 1.92. The first-order chi connectivity index (χ1) is 11.7. The van der Waals surface area contributed by atoms with Crippen LogP contribution in [-0.4, -0.2) is 36.2 Å². The highest BCUT2D eigenvalue weighted by molar-refractivity contribution is 7.80. The van der Waals surface area contributed by atoms with Gasteiger partial charge >= 0.3 is 12.4 Å².